The van der Waals surface area contributed by atoms with E-state index in [1.54, 1.807) is 7.11 Å². The van der Waals surface area contributed by atoms with Gasteiger partial charge in [0.25, 0.3) is 0 Å². The molecule has 1 heterocycles. The van der Waals surface area contributed by atoms with Gasteiger partial charge in [-0.1, -0.05) is 19.9 Å². The fourth-order valence-corrected chi connectivity index (χ4v) is 2.11. The van der Waals surface area contributed by atoms with Gasteiger partial charge in [-0.15, -0.1) is 0 Å². The summed E-state index contributed by atoms with van der Waals surface area (Å²) < 4.78 is 5.22. The van der Waals surface area contributed by atoms with E-state index >= 15 is 0 Å². The smallest absolute Gasteiger partial charge is 0.119 e. The van der Waals surface area contributed by atoms with E-state index in [4.69, 9.17) is 4.74 Å². The molecular weight excluding hydrogens is 174 g/mol. The Bertz CT molecular complexity index is 344. The zero-order valence-corrected chi connectivity index (χ0v) is 9.05. The molecule has 76 valence electrons. The number of ether oxygens (including phenoxy) is 1. The third kappa shape index (κ3) is 1.50. The largest absolute Gasteiger partial charge is 0.497 e. The van der Waals surface area contributed by atoms with Gasteiger partial charge in [0.1, 0.15) is 5.75 Å². The van der Waals surface area contributed by atoms with Gasteiger partial charge >= 0.3 is 0 Å². The molecule has 2 rings (SSSR count). The second-order valence-corrected chi connectivity index (χ2v) is 4.51. The average Bonchev–Trinajstić information content (AvgIpc) is 2.16. The first-order chi connectivity index (χ1) is 6.63. The van der Waals surface area contributed by atoms with Crippen molar-refractivity contribution in [1.29, 1.82) is 0 Å². The monoisotopic (exact) mass is 191 g/mol. The number of hydrogen-bond donors (Lipinski definition) is 1. The molecule has 1 aliphatic rings. The van der Waals surface area contributed by atoms with Crippen LogP contribution in [0.25, 0.3) is 0 Å². The van der Waals surface area contributed by atoms with E-state index in [9.17, 15) is 0 Å². The van der Waals surface area contributed by atoms with Gasteiger partial charge in [-0.05, 0) is 23.3 Å². The lowest BCUT2D eigenvalue weighted by Crippen LogP contribution is -2.38. The highest BCUT2D eigenvalue weighted by Crippen LogP contribution is 2.31. The second kappa shape index (κ2) is 3.28. The molecule has 0 atom stereocenters. The van der Waals surface area contributed by atoms with Crippen LogP contribution in [-0.2, 0) is 12.0 Å². The van der Waals surface area contributed by atoms with Crippen molar-refractivity contribution in [2.45, 2.75) is 25.8 Å². The fraction of sp³-hybridized carbons (Fsp3) is 0.500. The molecule has 0 spiro atoms. The van der Waals surface area contributed by atoms with Crippen LogP contribution in [0.2, 0.25) is 0 Å². The van der Waals surface area contributed by atoms with Crippen LogP contribution >= 0.6 is 0 Å². The summed E-state index contributed by atoms with van der Waals surface area (Å²) >= 11 is 0. The van der Waals surface area contributed by atoms with Crippen molar-refractivity contribution in [2.24, 2.45) is 0 Å². The Labute approximate surface area is 85.3 Å². The maximum absolute atomic E-state index is 5.22. The Morgan fingerprint density at radius 1 is 1.36 bits per heavy atom. The van der Waals surface area contributed by atoms with Crippen molar-refractivity contribution in [3.63, 3.8) is 0 Å². The van der Waals surface area contributed by atoms with Crippen LogP contribution in [0.15, 0.2) is 18.2 Å². The molecule has 0 aromatic heterocycles. The Morgan fingerprint density at radius 2 is 2.14 bits per heavy atom. The minimum Gasteiger partial charge on any atom is -0.497 e. The topological polar surface area (TPSA) is 21.3 Å². The van der Waals surface area contributed by atoms with Crippen LogP contribution in [0.1, 0.15) is 25.0 Å². The van der Waals surface area contributed by atoms with Crippen LogP contribution in [-0.4, -0.2) is 13.7 Å². The molecule has 1 N–H and O–H groups in total. The van der Waals surface area contributed by atoms with Gasteiger partial charge in [0.15, 0.2) is 0 Å². The Kier molecular flexibility index (Phi) is 2.23. The molecule has 0 radical (unpaired) electrons. The lowest BCUT2D eigenvalue weighted by molar-refractivity contribution is 0.406. The Morgan fingerprint density at radius 3 is 2.86 bits per heavy atom. The molecule has 0 bridgehead atoms. The van der Waals surface area contributed by atoms with Crippen molar-refractivity contribution in [3.05, 3.63) is 29.3 Å². The molecule has 1 aromatic carbocycles. The molecule has 1 aliphatic heterocycles. The van der Waals surface area contributed by atoms with Crippen molar-refractivity contribution in [3.8, 4) is 5.75 Å². The normalized spacial score (nSPS) is 18.8. The second-order valence-electron chi connectivity index (χ2n) is 4.51. The van der Waals surface area contributed by atoms with Crippen LogP contribution < -0.4 is 10.1 Å². The van der Waals surface area contributed by atoms with Crippen molar-refractivity contribution in [2.75, 3.05) is 13.7 Å². The number of fused-ring (bicyclic) bond motifs is 1. The predicted octanol–water partition coefficient (Wildman–Crippen LogP) is 2.08. The van der Waals surface area contributed by atoms with E-state index in [1.807, 2.05) is 6.07 Å². The number of hydrogen-bond acceptors (Lipinski definition) is 2. The van der Waals surface area contributed by atoms with Gasteiger partial charge in [-0.2, -0.15) is 0 Å². The quantitative estimate of drug-likeness (QED) is 0.733. The van der Waals surface area contributed by atoms with Gasteiger partial charge < -0.3 is 10.1 Å². The third-order valence-corrected chi connectivity index (χ3v) is 2.92. The summed E-state index contributed by atoms with van der Waals surface area (Å²) in [5.74, 6) is 0.947. The van der Waals surface area contributed by atoms with Crippen LogP contribution in [0.5, 0.6) is 5.75 Å². The lowest BCUT2D eigenvalue weighted by atomic mass is 9.79. The molecule has 0 unspecified atom stereocenters. The molecular formula is C12H17NO. The van der Waals surface area contributed by atoms with Crippen LogP contribution in [0.3, 0.4) is 0 Å². The molecule has 0 aliphatic carbocycles. The predicted molar refractivity (Wildman–Crippen MR) is 57.7 cm³/mol. The first kappa shape index (κ1) is 9.53. The molecule has 2 heteroatoms. The van der Waals surface area contributed by atoms with Gasteiger partial charge in [-0.25, -0.2) is 0 Å². The highest BCUT2D eigenvalue weighted by atomic mass is 16.5. The first-order valence-corrected chi connectivity index (χ1v) is 5.01. The summed E-state index contributed by atoms with van der Waals surface area (Å²) in [5.41, 5.74) is 3.04. The molecule has 0 saturated carbocycles. The van der Waals surface area contributed by atoms with Crippen LogP contribution in [0.4, 0.5) is 0 Å². The summed E-state index contributed by atoms with van der Waals surface area (Å²) in [5, 5.41) is 3.43. The standard InChI is InChI=1S/C12H17NO/c1-12(2)8-13-7-9-6-10(14-3)4-5-11(9)12/h4-6,13H,7-8H2,1-3H3. The zero-order valence-electron chi connectivity index (χ0n) is 9.05. The third-order valence-electron chi connectivity index (χ3n) is 2.92. The van der Waals surface area contributed by atoms with E-state index in [0.717, 1.165) is 18.8 Å². The summed E-state index contributed by atoms with van der Waals surface area (Å²) in [6.07, 6.45) is 0. The zero-order chi connectivity index (χ0) is 10.2. The van der Waals surface area contributed by atoms with Crippen molar-refractivity contribution >= 4 is 0 Å². The summed E-state index contributed by atoms with van der Waals surface area (Å²) in [6, 6.07) is 6.37. The number of rotatable bonds is 1. The fourth-order valence-electron chi connectivity index (χ4n) is 2.11. The van der Waals surface area contributed by atoms with Gasteiger partial charge in [0, 0.05) is 18.5 Å². The highest BCUT2D eigenvalue weighted by Gasteiger charge is 2.26. The van der Waals surface area contributed by atoms with E-state index in [2.05, 4.69) is 31.3 Å². The summed E-state index contributed by atoms with van der Waals surface area (Å²) in [4.78, 5) is 0. The molecule has 2 nitrogen and oxygen atoms in total. The molecule has 0 fully saturated rings. The molecule has 14 heavy (non-hydrogen) atoms. The van der Waals surface area contributed by atoms with E-state index < -0.39 is 0 Å². The number of benzene rings is 1. The highest BCUT2D eigenvalue weighted by molar-refractivity contribution is 5.41. The van der Waals surface area contributed by atoms with Crippen molar-refractivity contribution in [1.82, 2.24) is 5.32 Å². The Balaban J connectivity index is 2.46. The van der Waals surface area contributed by atoms with Gasteiger partial charge in [0.05, 0.1) is 7.11 Å². The molecule has 0 saturated heterocycles. The van der Waals surface area contributed by atoms with Gasteiger partial charge in [0.2, 0.25) is 0 Å². The van der Waals surface area contributed by atoms with Crippen LogP contribution in [0, 0.1) is 0 Å². The first-order valence-electron chi connectivity index (χ1n) is 5.01. The van der Waals surface area contributed by atoms with Crippen molar-refractivity contribution < 1.29 is 4.74 Å². The van der Waals surface area contributed by atoms with E-state index in [-0.39, 0.29) is 5.41 Å². The summed E-state index contributed by atoms with van der Waals surface area (Å²) in [7, 11) is 1.71. The SMILES string of the molecule is COc1ccc2c(c1)CNCC2(C)C. The maximum atomic E-state index is 5.22. The van der Waals surface area contributed by atoms with E-state index in [1.165, 1.54) is 11.1 Å². The maximum Gasteiger partial charge on any atom is 0.119 e. The molecule has 1 aromatic rings. The minimum absolute atomic E-state index is 0.236. The lowest BCUT2D eigenvalue weighted by Gasteiger charge is -2.33. The minimum atomic E-state index is 0.236. The average molecular weight is 191 g/mol. The van der Waals surface area contributed by atoms with Gasteiger partial charge in [-0.3, -0.25) is 0 Å². The Hall–Kier alpha value is -1.02. The van der Waals surface area contributed by atoms with E-state index in [0.29, 0.717) is 0 Å². The number of methoxy groups -OCH3 is 1. The summed E-state index contributed by atoms with van der Waals surface area (Å²) in [6.45, 7) is 6.54. The number of nitrogens with one attached hydrogen (secondary N) is 1. The molecule has 0 amide bonds.